The quantitative estimate of drug-likeness (QED) is 0.0899. The number of rotatable bonds is 19. The van der Waals surface area contributed by atoms with E-state index in [1.807, 2.05) is 32.8 Å². The van der Waals surface area contributed by atoms with Crippen LogP contribution in [0.3, 0.4) is 0 Å². The van der Waals surface area contributed by atoms with Crippen molar-refractivity contribution >= 4 is 5.91 Å². The van der Waals surface area contributed by atoms with Crippen molar-refractivity contribution in [3.05, 3.63) is 0 Å². The summed E-state index contributed by atoms with van der Waals surface area (Å²) in [5.74, 6) is -2.44. The predicted molar refractivity (Wildman–Crippen MR) is 195 cm³/mol. The maximum Gasteiger partial charge on any atom is 0.225 e. The Balaban J connectivity index is 2.61. The van der Waals surface area contributed by atoms with E-state index in [2.05, 4.69) is 5.32 Å². The normalized spacial score (nSPS) is 35.7. The summed E-state index contributed by atoms with van der Waals surface area (Å²) in [6, 6.07) is -1.28. The third-order valence-electron chi connectivity index (χ3n) is 11.5. The number of likely N-dealkylation sites (N-methyl/N-ethyl adjacent to an activating group) is 1. The summed E-state index contributed by atoms with van der Waals surface area (Å²) in [5, 5.41) is 69.6. The van der Waals surface area contributed by atoms with E-state index in [1.54, 1.807) is 41.5 Å². The molecule has 0 aromatic carbocycles. The molecule has 15 nitrogen and oxygen atoms in total. The number of aliphatic hydroxyl groups is 6. The number of aliphatic hydroxyl groups excluding tert-OH is 4. The molecule has 18 atom stereocenters. The van der Waals surface area contributed by atoms with E-state index in [-0.39, 0.29) is 37.3 Å². The lowest BCUT2D eigenvalue weighted by Gasteiger charge is -2.49. The maximum atomic E-state index is 14.1. The van der Waals surface area contributed by atoms with E-state index in [0.29, 0.717) is 13.0 Å². The standard InChI is InChI=1S/C37H73N3O12/c1-14-26(41)37(10,47)30(43)23(6)39-33(45)22(5)29(51-27-17-36(9,48-13)31(44)24(7)50-27)21(4)32(35(8,46)16-19(2)18-38)52-34-28(42)25(40(11)12)15-20(3)49-34/h19-32,34,41-44,46-47H,14-18,38H2,1-13H3,(H,39,45)/t19-,20-,21+,22-,23+,24+,25+,26+,27+,28-,29+,30+,31+,32-,34+,35-,36-,37+/m1/s1. The molecule has 1 amide bonds. The molecule has 308 valence electrons. The Bertz CT molecular complexity index is 1100. The fourth-order valence-corrected chi connectivity index (χ4v) is 7.88. The van der Waals surface area contributed by atoms with Crippen LogP contribution in [0.5, 0.6) is 0 Å². The topological polar surface area (TPSA) is 226 Å². The van der Waals surface area contributed by atoms with Crippen LogP contribution in [0.1, 0.15) is 94.9 Å². The summed E-state index contributed by atoms with van der Waals surface area (Å²) < 4.78 is 31.2. The maximum absolute atomic E-state index is 14.1. The van der Waals surface area contributed by atoms with Crippen LogP contribution < -0.4 is 11.1 Å². The zero-order valence-electron chi connectivity index (χ0n) is 33.9. The SMILES string of the molecule is CC[C@H](O)[C@](C)(O)[C@@H](O)[C@H](C)NC(=O)[C@H](C)[C@@H](O[C@H]1C[C@@](C)(OC)[C@@H](O)[C@H](C)O1)[C@H](C)[C@@H](O[C@@H]1O[C@H](C)C[C@H](N(C)C)[C@H]1O)[C@](C)(O)C[C@@H](C)CN. The fraction of sp³-hybridized carbons (Fsp3) is 0.973. The van der Waals surface area contributed by atoms with E-state index in [1.165, 1.54) is 21.0 Å². The number of nitrogens with two attached hydrogens (primary N) is 1. The Labute approximate surface area is 311 Å². The molecule has 0 aromatic rings. The number of carbonyl (C=O) groups excluding carboxylic acids is 1. The zero-order chi connectivity index (χ0) is 40.1. The van der Waals surface area contributed by atoms with Crippen LogP contribution >= 0.6 is 0 Å². The number of methoxy groups -OCH3 is 1. The smallest absolute Gasteiger partial charge is 0.225 e. The largest absolute Gasteiger partial charge is 0.390 e. The van der Waals surface area contributed by atoms with E-state index in [4.69, 9.17) is 29.4 Å². The van der Waals surface area contributed by atoms with Crippen molar-refractivity contribution < 1.29 is 59.1 Å². The minimum atomic E-state index is -1.91. The van der Waals surface area contributed by atoms with Crippen molar-refractivity contribution in [2.45, 2.75) is 185 Å². The summed E-state index contributed by atoms with van der Waals surface area (Å²) in [7, 11) is 5.22. The summed E-state index contributed by atoms with van der Waals surface area (Å²) in [4.78, 5) is 16.0. The van der Waals surface area contributed by atoms with Gasteiger partial charge in [0.05, 0.1) is 53.7 Å². The lowest BCUT2D eigenvalue weighted by atomic mass is 9.77. The van der Waals surface area contributed by atoms with Crippen molar-refractivity contribution in [3.8, 4) is 0 Å². The van der Waals surface area contributed by atoms with E-state index >= 15 is 0 Å². The van der Waals surface area contributed by atoms with Crippen LogP contribution in [0.2, 0.25) is 0 Å². The van der Waals surface area contributed by atoms with Crippen molar-refractivity contribution in [1.82, 2.24) is 10.2 Å². The molecular weight excluding hydrogens is 678 g/mol. The van der Waals surface area contributed by atoms with Gasteiger partial charge in [-0.05, 0) is 87.4 Å². The van der Waals surface area contributed by atoms with Crippen molar-refractivity contribution in [1.29, 1.82) is 0 Å². The van der Waals surface area contributed by atoms with Gasteiger partial charge in [-0.2, -0.15) is 0 Å². The van der Waals surface area contributed by atoms with Gasteiger partial charge >= 0.3 is 0 Å². The van der Waals surface area contributed by atoms with E-state index < -0.39 is 95.9 Å². The monoisotopic (exact) mass is 752 g/mol. The first-order valence-electron chi connectivity index (χ1n) is 18.9. The van der Waals surface area contributed by atoms with Gasteiger partial charge in [0.1, 0.15) is 23.9 Å². The highest BCUT2D eigenvalue weighted by Crippen LogP contribution is 2.39. The van der Waals surface area contributed by atoms with E-state index in [9.17, 15) is 35.4 Å². The third kappa shape index (κ3) is 11.3. The van der Waals surface area contributed by atoms with Gasteiger partial charge in [0, 0.05) is 25.5 Å². The summed E-state index contributed by atoms with van der Waals surface area (Å²) in [5.41, 5.74) is 1.47. The molecule has 2 heterocycles. The second kappa shape index (κ2) is 19.2. The Kier molecular flexibility index (Phi) is 17.4. The zero-order valence-corrected chi connectivity index (χ0v) is 33.9. The Morgan fingerprint density at radius 2 is 1.67 bits per heavy atom. The van der Waals surface area contributed by atoms with Crippen molar-refractivity contribution in [2.24, 2.45) is 23.5 Å². The van der Waals surface area contributed by atoms with Crippen LogP contribution in [0.4, 0.5) is 0 Å². The molecule has 9 N–H and O–H groups in total. The minimum Gasteiger partial charge on any atom is -0.390 e. The first kappa shape index (κ1) is 47.1. The molecule has 0 bridgehead atoms. The molecule has 2 rings (SSSR count). The first-order valence-corrected chi connectivity index (χ1v) is 18.9. The molecule has 2 saturated heterocycles. The number of nitrogens with zero attached hydrogens (tertiary/aromatic N) is 1. The van der Waals surface area contributed by atoms with Gasteiger partial charge in [-0.25, -0.2) is 0 Å². The number of carbonyl (C=O) groups is 1. The Morgan fingerprint density at radius 1 is 1.08 bits per heavy atom. The Morgan fingerprint density at radius 3 is 2.19 bits per heavy atom. The number of hydrogen-bond acceptors (Lipinski definition) is 14. The van der Waals surface area contributed by atoms with Gasteiger partial charge in [0.25, 0.3) is 0 Å². The van der Waals surface area contributed by atoms with Gasteiger partial charge in [-0.15, -0.1) is 0 Å². The van der Waals surface area contributed by atoms with Gasteiger partial charge in [0.15, 0.2) is 12.6 Å². The molecular formula is C37H73N3O12. The molecule has 2 fully saturated rings. The van der Waals surface area contributed by atoms with Crippen LogP contribution in [0.15, 0.2) is 0 Å². The second-order valence-corrected chi connectivity index (χ2v) is 16.6. The van der Waals surface area contributed by atoms with Crippen LogP contribution in [-0.2, 0) is 28.5 Å². The molecule has 0 aromatic heterocycles. The highest BCUT2D eigenvalue weighted by molar-refractivity contribution is 5.79. The molecule has 0 spiro atoms. The molecule has 15 heteroatoms. The second-order valence-electron chi connectivity index (χ2n) is 16.6. The van der Waals surface area contributed by atoms with Gasteiger partial charge < -0.3 is 70.3 Å². The summed E-state index contributed by atoms with van der Waals surface area (Å²) in [6.45, 7) is 17.1. The van der Waals surface area contributed by atoms with Crippen LogP contribution in [-0.4, -0.2) is 159 Å². The molecule has 2 aliphatic rings. The number of ether oxygens (including phenoxy) is 5. The molecule has 0 aliphatic carbocycles. The minimum absolute atomic E-state index is 0.109. The number of amides is 1. The lowest BCUT2D eigenvalue weighted by Crippen LogP contribution is -2.61. The first-order chi connectivity index (χ1) is 23.9. The highest BCUT2D eigenvalue weighted by atomic mass is 16.7. The van der Waals surface area contributed by atoms with E-state index in [0.717, 1.165) is 0 Å². The average Bonchev–Trinajstić information content (AvgIpc) is 3.07. The molecule has 0 unspecified atom stereocenters. The van der Waals surface area contributed by atoms with Crippen molar-refractivity contribution in [2.75, 3.05) is 27.7 Å². The number of hydrogen-bond donors (Lipinski definition) is 8. The predicted octanol–water partition coefficient (Wildman–Crippen LogP) is 0.479. The average molecular weight is 752 g/mol. The van der Waals surface area contributed by atoms with Crippen molar-refractivity contribution in [3.63, 3.8) is 0 Å². The molecule has 52 heavy (non-hydrogen) atoms. The number of nitrogens with one attached hydrogen (secondary N) is 1. The van der Waals surface area contributed by atoms with Crippen LogP contribution in [0.25, 0.3) is 0 Å². The lowest BCUT2D eigenvalue weighted by molar-refractivity contribution is -0.317. The van der Waals surface area contributed by atoms with Crippen LogP contribution in [0, 0.1) is 17.8 Å². The van der Waals surface area contributed by atoms with Gasteiger partial charge in [-0.1, -0.05) is 27.7 Å². The van der Waals surface area contributed by atoms with Gasteiger partial charge in [0.2, 0.25) is 5.91 Å². The molecule has 2 aliphatic heterocycles. The third-order valence-corrected chi connectivity index (χ3v) is 11.5. The highest BCUT2D eigenvalue weighted by Gasteiger charge is 2.51. The molecule has 0 radical (unpaired) electrons. The Hall–Kier alpha value is -1.05. The summed E-state index contributed by atoms with van der Waals surface area (Å²) >= 11 is 0. The molecule has 0 saturated carbocycles. The summed E-state index contributed by atoms with van der Waals surface area (Å²) in [6.07, 6.45) is -8.90. The van der Waals surface area contributed by atoms with Gasteiger partial charge in [-0.3, -0.25) is 4.79 Å². The fourth-order valence-electron chi connectivity index (χ4n) is 7.88.